The molecule has 18 heavy (non-hydrogen) atoms. The maximum Gasteiger partial charge on any atom is 0.251 e. The van der Waals surface area contributed by atoms with Crippen LogP contribution in [0.25, 0.3) is 0 Å². The normalized spacial score (nSPS) is 23.0. The highest BCUT2D eigenvalue weighted by molar-refractivity contribution is 5.94. The number of benzene rings is 1. The maximum atomic E-state index is 11.9. The molecule has 0 aliphatic carbocycles. The molecule has 1 amide bonds. The van der Waals surface area contributed by atoms with Crippen LogP contribution in [0.1, 0.15) is 29.3 Å². The van der Waals surface area contributed by atoms with Crippen molar-refractivity contribution in [2.24, 2.45) is 11.7 Å². The molecule has 98 valence electrons. The zero-order valence-electron chi connectivity index (χ0n) is 10.7. The molecular weight excluding hydrogens is 228 g/mol. The van der Waals surface area contributed by atoms with Crippen molar-refractivity contribution in [3.63, 3.8) is 0 Å². The molecular formula is C14H20N2O2. The topological polar surface area (TPSA) is 64.3 Å². The van der Waals surface area contributed by atoms with E-state index in [0.717, 1.165) is 18.6 Å². The smallest absolute Gasteiger partial charge is 0.251 e. The summed E-state index contributed by atoms with van der Waals surface area (Å²) in [6.45, 7) is 4.03. The standard InChI is InChI=1S/C14H20N2O2/c1-10-13(6-7-18-10)9-16-14(17)12-4-2-11(8-15)3-5-12/h2-5,10,13H,6-9,15H2,1H3,(H,16,17). The van der Waals surface area contributed by atoms with E-state index in [1.807, 2.05) is 24.3 Å². The zero-order chi connectivity index (χ0) is 13.0. The molecule has 0 saturated carbocycles. The fourth-order valence-corrected chi connectivity index (χ4v) is 2.16. The van der Waals surface area contributed by atoms with Gasteiger partial charge in [-0.3, -0.25) is 4.79 Å². The van der Waals surface area contributed by atoms with E-state index in [9.17, 15) is 4.79 Å². The van der Waals surface area contributed by atoms with Crippen molar-refractivity contribution in [3.05, 3.63) is 35.4 Å². The molecule has 1 fully saturated rings. The van der Waals surface area contributed by atoms with Crippen LogP contribution in [0.15, 0.2) is 24.3 Å². The Bertz CT molecular complexity index is 403. The molecule has 0 spiro atoms. The molecule has 4 heteroatoms. The second-order valence-corrected chi connectivity index (χ2v) is 4.74. The molecule has 1 aliphatic rings. The van der Waals surface area contributed by atoms with Crippen molar-refractivity contribution in [1.82, 2.24) is 5.32 Å². The van der Waals surface area contributed by atoms with Gasteiger partial charge in [0.15, 0.2) is 0 Å². The van der Waals surface area contributed by atoms with Gasteiger partial charge in [0.1, 0.15) is 0 Å². The lowest BCUT2D eigenvalue weighted by molar-refractivity contribution is 0.0907. The van der Waals surface area contributed by atoms with E-state index in [1.54, 1.807) is 0 Å². The first kappa shape index (κ1) is 13.1. The molecule has 1 heterocycles. The molecule has 0 aromatic heterocycles. The van der Waals surface area contributed by atoms with Crippen LogP contribution < -0.4 is 11.1 Å². The third-order valence-electron chi connectivity index (χ3n) is 3.51. The molecule has 1 aliphatic heterocycles. The van der Waals surface area contributed by atoms with Gasteiger partial charge in [0, 0.05) is 31.2 Å². The Hall–Kier alpha value is -1.39. The van der Waals surface area contributed by atoms with Crippen LogP contribution in [0.2, 0.25) is 0 Å². The van der Waals surface area contributed by atoms with Gasteiger partial charge < -0.3 is 15.8 Å². The van der Waals surface area contributed by atoms with Crippen LogP contribution in [0.5, 0.6) is 0 Å². The van der Waals surface area contributed by atoms with E-state index in [1.165, 1.54) is 0 Å². The van der Waals surface area contributed by atoms with Crippen molar-refractivity contribution in [1.29, 1.82) is 0 Å². The summed E-state index contributed by atoms with van der Waals surface area (Å²) in [5.74, 6) is 0.398. The van der Waals surface area contributed by atoms with Gasteiger partial charge in [0.2, 0.25) is 0 Å². The van der Waals surface area contributed by atoms with Crippen LogP contribution in [0.4, 0.5) is 0 Å². The molecule has 4 nitrogen and oxygen atoms in total. The number of amides is 1. The Balaban J connectivity index is 1.87. The summed E-state index contributed by atoms with van der Waals surface area (Å²) in [4.78, 5) is 11.9. The van der Waals surface area contributed by atoms with E-state index < -0.39 is 0 Å². The first-order valence-electron chi connectivity index (χ1n) is 6.39. The number of carbonyl (C=O) groups excluding carboxylic acids is 1. The van der Waals surface area contributed by atoms with Crippen molar-refractivity contribution in [2.45, 2.75) is 26.0 Å². The lowest BCUT2D eigenvalue weighted by atomic mass is 10.0. The van der Waals surface area contributed by atoms with Crippen molar-refractivity contribution < 1.29 is 9.53 Å². The van der Waals surface area contributed by atoms with Crippen LogP contribution in [-0.2, 0) is 11.3 Å². The molecule has 0 bridgehead atoms. The lowest BCUT2D eigenvalue weighted by Crippen LogP contribution is -2.31. The van der Waals surface area contributed by atoms with Gasteiger partial charge in [-0.1, -0.05) is 12.1 Å². The molecule has 1 aromatic rings. The summed E-state index contributed by atoms with van der Waals surface area (Å²) in [6.07, 6.45) is 1.26. The summed E-state index contributed by atoms with van der Waals surface area (Å²) in [5.41, 5.74) is 7.23. The number of hydrogen-bond donors (Lipinski definition) is 2. The number of hydrogen-bond acceptors (Lipinski definition) is 3. The van der Waals surface area contributed by atoms with E-state index in [0.29, 0.717) is 24.6 Å². The van der Waals surface area contributed by atoms with Gasteiger partial charge in [-0.15, -0.1) is 0 Å². The van der Waals surface area contributed by atoms with Crippen LogP contribution >= 0.6 is 0 Å². The second-order valence-electron chi connectivity index (χ2n) is 4.74. The minimum Gasteiger partial charge on any atom is -0.378 e. The Morgan fingerprint density at radius 1 is 1.44 bits per heavy atom. The molecule has 2 rings (SSSR count). The highest BCUT2D eigenvalue weighted by atomic mass is 16.5. The number of ether oxygens (including phenoxy) is 1. The first-order chi connectivity index (χ1) is 8.70. The highest BCUT2D eigenvalue weighted by Crippen LogP contribution is 2.19. The molecule has 2 atom stereocenters. The van der Waals surface area contributed by atoms with Crippen LogP contribution in [0, 0.1) is 5.92 Å². The minimum absolute atomic E-state index is 0.0299. The summed E-state index contributed by atoms with van der Waals surface area (Å²) < 4.78 is 5.47. The Labute approximate surface area is 108 Å². The van der Waals surface area contributed by atoms with Gasteiger partial charge in [0.05, 0.1) is 6.10 Å². The molecule has 3 N–H and O–H groups in total. The average molecular weight is 248 g/mol. The maximum absolute atomic E-state index is 11.9. The minimum atomic E-state index is -0.0299. The van der Waals surface area contributed by atoms with E-state index >= 15 is 0 Å². The van der Waals surface area contributed by atoms with E-state index in [2.05, 4.69) is 12.2 Å². The molecule has 1 aromatic carbocycles. The van der Waals surface area contributed by atoms with Gasteiger partial charge in [0.25, 0.3) is 5.91 Å². The van der Waals surface area contributed by atoms with Crippen molar-refractivity contribution in [3.8, 4) is 0 Å². The summed E-state index contributed by atoms with van der Waals surface area (Å²) in [7, 11) is 0. The van der Waals surface area contributed by atoms with Crippen molar-refractivity contribution in [2.75, 3.05) is 13.2 Å². The monoisotopic (exact) mass is 248 g/mol. The third-order valence-corrected chi connectivity index (χ3v) is 3.51. The Morgan fingerprint density at radius 3 is 2.72 bits per heavy atom. The summed E-state index contributed by atoms with van der Waals surface area (Å²) in [5, 5.41) is 2.96. The quantitative estimate of drug-likeness (QED) is 0.844. The predicted molar refractivity (Wildman–Crippen MR) is 70.2 cm³/mol. The summed E-state index contributed by atoms with van der Waals surface area (Å²) >= 11 is 0. The molecule has 2 unspecified atom stereocenters. The predicted octanol–water partition coefficient (Wildman–Crippen LogP) is 1.30. The largest absolute Gasteiger partial charge is 0.378 e. The average Bonchev–Trinajstić information content (AvgIpc) is 2.81. The molecule has 0 radical (unpaired) electrons. The van der Waals surface area contributed by atoms with Gasteiger partial charge in [-0.25, -0.2) is 0 Å². The number of rotatable bonds is 4. The summed E-state index contributed by atoms with van der Waals surface area (Å²) in [6, 6.07) is 7.39. The van der Waals surface area contributed by atoms with E-state index in [4.69, 9.17) is 10.5 Å². The number of nitrogens with two attached hydrogens (primary N) is 1. The Kier molecular flexibility index (Phi) is 4.33. The number of nitrogens with one attached hydrogen (secondary N) is 1. The lowest BCUT2D eigenvalue weighted by Gasteiger charge is -2.14. The van der Waals surface area contributed by atoms with Crippen LogP contribution in [0.3, 0.4) is 0 Å². The fraction of sp³-hybridized carbons (Fsp3) is 0.500. The molecule has 1 saturated heterocycles. The fourth-order valence-electron chi connectivity index (χ4n) is 2.16. The SMILES string of the molecule is CC1OCCC1CNC(=O)c1ccc(CN)cc1. The van der Waals surface area contributed by atoms with Crippen molar-refractivity contribution >= 4 is 5.91 Å². The number of carbonyl (C=O) groups is 1. The second kappa shape index (κ2) is 5.98. The third kappa shape index (κ3) is 3.09. The first-order valence-corrected chi connectivity index (χ1v) is 6.39. The van der Waals surface area contributed by atoms with Gasteiger partial charge >= 0.3 is 0 Å². The van der Waals surface area contributed by atoms with E-state index in [-0.39, 0.29) is 12.0 Å². The zero-order valence-corrected chi connectivity index (χ0v) is 10.7. The highest BCUT2D eigenvalue weighted by Gasteiger charge is 2.24. The van der Waals surface area contributed by atoms with Gasteiger partial charge in [-0.2, -0.15) is 0 Å². The Morgan fingerprint density at radius 2 is 2.17 bits per heavy atom. The van der Waals surface area contributed by atoms with Gasteiger partial charge in [-0.05, 0) is 31.0 Å². The van der Waals surface area contributed by atoms with Crippen LogP contribution in [-0.4, -0.2) is 25.2 Å².